The summed E-state index contributed by atoms with van der Waals surface area (Å²) in [6.07, 6.45) is 0. The molecule has 0 aliphatic heterocycles. The average molecular weight is 316 g/mol. The van der Waals surface area contributed by atoms with Crippen molar-refractivity contribution in [1.29, 1.82) is 0 Å². The minimum atomic E-state index is -4.97. The van der Waals surface area contributed by atoms with Crippen LogP contribution in [0.4, 0.5) is 12.9 Å². The maximum atomic E-state index is 12.6. The summed E-state index contributed by atoms with van der Waals surface area (Å²) in [6.45, 7) is -1.92. The molecule has 1 rings (SSSR count). The van der Waals surface area contributed by atoms with Crippen molar-refractivity contribution in [2.45, 2.75) is 6.92 Å². The average Bonchev–Trinajstić information content (AvgIpc) is 2.32. The summed E-state index contributed by atoms with van der Waals surface area (Å²) in [6, 6.07) is 3.77. The van der Waals surface area contributed by atoms with Gasteiger partial charge in [-0.3, -0.25) is 0 Å². The van der Waals surface area contributed by atoms with Gasteiger partial charge < -0.3 is 27.2 Å². The second kappa shape index (κ2) is 10.2. The molecule has 0 spiro atoms. The van der Waals surface area contributed by atoms with E-state index in [1.165, 1.54) is 19.1 Å². The summed E-state index contributed by atoms with van der Waals surface area (Å²) < 4.78 is 53.1. The van der Waals surface area contributed by atoms with Crippen LogP contribution in [-0.2, 0) is 9.47 Å². The third-order valence-corrected chi connectivity index (χ3v) is 2.52. The molecular formula is C12H17BF3KO3. The van der Waals surface area contributed by atoms with Crippen LogP contribution in [0.3, 0.4) is 0 Å². The second-order valence-corrected chi connectivity index (χ2v) is 4.05. The van der Waals surface area contributed by atoms with Crippen molar-refractivity contribution in [1.82, 2.24) is 0 Å². The maximum absolute atomic E-state index is 12.6. The predicted octanol–water partition coefficient (Wildman–Crippen LogP) is -0.905. The van der Waals surface area contributed by atoms with Crippen molar-refractivity contribution < 1.29 is 78.5 Å². The summed E-state index contributed by atoms with van der Waals surface area (Å²) in [5, 5.41) is 0. The standard InChI is InChI=1S/C12H17BF3O3.K/c1-10-9-11(3-4-12(10)13(14,15)16)19-8-7-18-6-5-17-2;/h3-4,9H,5-8H2,1-2H3;/q-1;+1. The SMILES string of the molecule is COCCOCCOc1ccc([B-](F)(F)F)c(C)c1.[K+]. The van der Waals surface area contributed by atoms with Gasteiger partial charge in [0.2, 0.25) is 0 Å². The zero-order valence-corrected chi connectivity index (χ0v) is 15.1. The molecule has 8 heteroatoms. The number of methoxy groups -OCH3 is 1. The maximum Gasteiger partial charge on any atom is 1.00 e. The normalized spacial score (nSPS) is 11.1. The molecule has 0 bridgehead atoms. The van der Waals surface area contributed by atoms with Crippen molar-refractivity contribution >= 4 is 12.4 Å². The first-order valence-corrected chi connectivity index (χ1v) is 5.95. The summed E-state index contributed by atoms with van der Waals surface area (Å²) >= 11 is 0. The number of benzene rings is 1. The number of aryl methyl sites for hydroxylation is 1. The van der Waals surface area contributed by atoms with Crippen molar-refractivity contribution in [2.24, 2.45) is 0 Å². The first kappa shape index (κ1) is 20.4. The topological polar surface area (TPSA) is 27.7 Å². The Bertz CT molecular complexity index is 402. The molecule has 0 N–H and O–H groups in total. The fourth-order valence-electron chi connectivity index (χ4n) is 1.57. The molecule has 0 amide bonds. The Kier molecular flexibility index (Phi) is 10.4. The molecule has 0 unspecified atom stereocenters. The molecule has 0 heterocycles. The van der Waals surface area contributed by atoms with Crippen LogP contribution in [0.25, 0.3) is 0 Å². The van der Waals surface area contributed by atoms with Gasteiger partial charge in [0.05, 0.1) is 19.8 Å². The molecule has 3 nitrogen and oxygen atoms in total. The second-order valence-electron chi connectivity index (χ2n) is 4.05. The van der Waals surface area contributed by atoms with Crippen LogP contribution in [0.15, 0.2) is 18.2 Å². The molecule has 0 aromatic heterocycles. The Hall–Kier alpha value is 0.431. The van der Waals surface area contributed by atoms with Gasteiger partial charge in [-0.25, -0.2) is 0 Å². The van der Waals surface area contributed by atoms with Gasteiger partial charge in [0.15, 0.2) is 0 Å². The van der Waals surface area contributed by atoms with E-state index in [0.29, 0.717) is 32.2 Å². The summed E-state index contributed by atoms with van der Waals surface area (Å²) in [5.74, 6) is 0.414. The van der Waals surface area contributed by atoms with Gasteiger partial charge in [0.25, 0.3) is 0 Å². The Morgan fingerprint density at radius 3 is 2.25 bits per heavy atom. The summed E-state index contributed by atoms with van der Waals surface area (Å²) in [7, 11) is 1.58. The van der Waals surface area contributed by atoms with Crippen LogP contribution in [0.1, 0.15) is 5.56 Å². The Balaban J connectivity index is 0.00000361. The van der Waals surface area contributed by atoms with E-state index in [9.17, 15) is 12.9 Å². The first-order chi connectivity index (χ1) is 8.95. The minimum Gasteiger partial charge on any atom is -0.491 e. The first-order valence-electron chi connectivity index (χ1n) is 5.95. The van der Waals surface area contributed by atoms with Crippen molar-refractivity contribution in [3.63, 3.8) is 0 Å². The third-order valence-electron chi connectivity index (χ3n) is 2.52. The van der Waals surface area contributed by atoms with Gasteiger partial charge >= 0.3 is 58.4 Å². The van der Waals surface area contributed by atoms with Gasteiger partial charge in [0, 0.05) is 7.11 Å². The Labute approximate surface area is 159 Å². The summed E-state index contributed by atoms with van der Waals surface area (Å²) in [4.78, 5) is 0. The van der Waals surface area contributed by atoms with E-state index in [1.807, 2.05) is 0 Å². The molecule has 108 valence electrons. The molecular weight excluding hydrogens is 299 g/mol. The zero-order valence-electron chi connectivity index (χ0n) is 12.0. The van der Waals surface area contributed by atoms with Gasteiger partial charge in [-0.2, -0.15) is 0 Å². The van der Waals surface area contributed by atoms with Crippen LogP contribution in [0.5, 0.6) is 5.75 Å². The van der Waals surface area contributed by atoms with Crippen molar-refractivity contribution in [2.75, 3.05) is 33.5 Å². The third kappa shape index (κ3) is 7.44. The van der Waals surface area contributed by atoms with Crippen molar-refractivity contribution in [3.8, 4) is 5.75 Å². The fourth-order valence-corrected chi connectivity index (χ4v) is 1.57. The number of halogens is 3. The molecule has 0 saturated heterocycles. The van der Waals surface area contributed by atoms with E-state index in [4.69, 9.17) is 14.2 Å². The van der Waals surface area contributed by atoms with Crippen LogP contribution < -0.4 is 61.6 Å². The van der Waals surface area contributed by atoms with Crippen LogP contribution in [0, 0.1) is 6.92 Å². The zero-order chi connectivity index (χ0) is 14.3. The van der Waals surface area contributed by atoms with Crippen LogP contribution in [-0.4, -0.2) is 40.5 Å². The molecule has 0 aliphatic rings. The fraction of sp³-hybridized carbons (Fsp3) is 0.500. The molecule has 20 heavy (non-hydrogen) atoms. The van der Waals surface area contributed by atoms with Crippen molar-refractivity contribution in [3.05, 3.63) is 23.8 Å². The smallest absolute Gasteiger partial charge is 0.491 e. The van der Waals surface area contributed by atoms with Gasteiger partial charge in [-0.15, -0.1) is 5.46 Å². The molecule has 0 aliphatic carbocycles. The molecule has 0 atom stereocenters. The van der Waals surface area contributed by atoms with E-state index in [-0.39, 0.29) is 56.9 Å². The largest absolute Gasteiger partial charge is 1.00 e. The van der Waals surface area contributed by atoms with E-state index in [0.717, 1.165) is 6.07 Å². The van der Waals surface area contributed by atoms with E-state index < -0.39 is 12.4 Å². The molecule has 0 saturated carbocycles. The molecule has 1 aromatic carbocycles. The Morgan fingerprint density at radius 2 is 1.70 bits per heavy atom. The van der Waals surface area contributed by atoms with Gasteiger partial charge in [-0.1, -0.05) is 11.6 Å². The number of ether oxygens (including phenoxy) is 3. The van der Waals surface area contributed by atoms with Crippen LogP contribution in [0.2, 0.25) is 0 Å². The predicted molar refractivity (Wildman–Crippen MR) is 68.1 cm³/mol. The number of rotatable bonds is 8. The number of hydrogen-bond donors (Lipinski definition) is 0. The van der Waals surface area contributed by atoms with E-state index >= 15 is 0 Å². The monoisotopic (exact) mass is 316 g/mol. The minimum absolute atomic E-state index is 0. The van der Waals surface area contributed by atoms with Crippen LogP contribution >= 0.6 is 0 Å². The quantitative estimate of drug-likeness (QED) is 0.459. The van der Waals surface area contributed by atoms with E-state index in [1.54, 1.807) is 7.11 Å². The Morgan fingerprint density at radius 1 is 1.05 bits per heavy atom. The number of hydrogen-bond acceptors (Lipinski definition) is 3. The van der Waals surface area contributed by atoms with Gasteiger partial charge in [-0.05, 0) is 19.1 Å². The van der Waals surface area contributed by atoms with E-state index in [2.05, 4.69) is 0 Å². The van der Waals surface area contributed by atoms with Gasteiger partial charge in [0.1, 0.15) is 12.4 Å². The molecule has 1 aromatic rings. The summed E-state index contributed by atoms with van der Waals surface area (Å²) in [5.41, 5.74) is -0.408. The molecule has 0 radical (unpaired) electrons. The molecule has 0 fully saturated rings.